The van der Waals surface area contributed by atoms with Crippen LogP contribution in [0.2, 0.25) is 0 Å². The highest BCUT2D eigenvalue weighted by Crippen LogP contribution is 2.28. The fourth-order valence-corrected chi connectivity index (χ4v) is 2.61. The summed E-state index contributed by atoms with van der Waals surface area (Å²) in [6.07, 6.45) is 2.18. The Morgan fingerprint density at radius 3 is 2.04 bits per heavy atom. The number of Topliss-reactive ketones (excluding diaryl/α,β-unsaturated/α-hetero) is 1. The molecule has 0 heterocycles. The normalized spacial score (nSPS) is 10.4. The third-order valence-corrected chi connectivity index (χ3v) is 3.68. The van der Waals surface area contributed by atoms with Crippen molar-refractivity contribution in [1.29, 1.82) is 0 Å². The molecule has 0 unspecified atom stereocenters. The molecule has 3 nitrogen and oxygen atoms in total. The Labute approximate surface area is 138 Å². The number of aryl methyl sites for hydroxylation is 2. The lowest BCUT2D eigenvalue weighted by Crippen LogP contribution is -2.00. The first-order chi connectivity index (χ1) is 11.0. The van der Waals surface area contributed by atoms with Crippen molar-refractivity contribution in [2.24, 2.45) is 0 Å². The molecule has 23 heavy (non-hydrogen) atoms. The number of ketones is 1. The zero-order valence-electron chi connectivity index (χ0n) is 14.3. The van der Waals surface area contributed by atoms with E-state index in [4.69, 9.17) is 9.47 Å². The standard InChI is InChI=1S/C20H24O3/c1-5-6-11-22-17-7-9-18(10-8-17)23-19-12-14(2)20(16(4)21)15(3)13-19/h7-10,12-13H,5-6,11H2,1-4H3. The van der Waals surface area contributed by atoms with Crippen molar-refractivity contribution >= 4 is 5.78 Å². The van der Waals surface area contributed by atoms with Gasteiger partial charge in [0.15, 0.2) is 5.78 Å². The topological polar surface area (TPSA) is 35.5 Å². The predicted octanol–water partition coefficient (Wildman–Crippen LogP) is 5.48. The predicted molar refractivity (Wildman–Crippen MR) is 92.8 cm³/mol. The molecule has 0 atom stereocenters. The molecule has 0 aromatic heterocycles. The van der Waals surface area contributed by atoms with Gasteiger partial charge in [0, 0.05) is 5.56 Å². The van der Waals surface area contributed by atoms with Gasteiger partial charge in [0.1, 0.15) is 17.2 Å². The number of carbonyl (C=O) groups excluding carboxylic acids is 1. The molecule has 0 aliphatic rings. The molecule has 2 aromatic rings. The lowest BCUT2D eigenvalue weighted by molar-refractivity contribution is 0.101. The van der Waals surface area contributed by atoms with Crippen LogP contribution in [0, 0.1) is 13.8 Å². The lowest BCUT2D eigenvalue weighted by Gasteiger charge is -2.12. The smallest absolute Gasteiger partial charge is 0.160 e. The van der Waals surface area contributed by atoms with Crippen molar-refractivity contribution in [2.45, 2.75) is 40.5 Å². The van der Waals surface area contributed by atoms with Gasteiger partial charge in [0.05, 0.1) is 6.61 Å². The monoisotopic (exact) mass is 312 g/mol. The molecule has 0 N–H and O–H groups in total. The summed E-state index contributed by atoms with van der Waals surface area (Å²) in [7, 11) is 0. The summed E-state index contributed by atoms with van der Waals surface area (Å²) in [5.41, 5.74) is 2.65. The van der Waals surface area contributed by atoms with Crippen LogP contribution in [-0.2, 0) is 0 Å². The molecule has 0 saturated heterocycles. The fraction of sp³-hybridized carbons (Fsp3) is 0.350. The maximum Gasteiger partial charge on any atom is 0.160 e. The summed E-state index contributed by atoms with van der Waals surface area (Å²) >= 11 is 0. The van der Waals surface area contributed by atoms with Crippen LogP contribution in [0.1, 0.15) is 48.2 Å². The van der Waals surface area contributed by atoms with Crippen LogP contribution in [0.15, 0.2) is 36.4 Å². The van der Waals surface area contributed by atoms with Crippen LogP contribution < -0.4 is 9.47 Å². The van der Waals surface area contributed by atoms with Gasteiger partial charge in [0.2, 0.25) is 0 Å². The van der Waals surface area contributed by atoms with Gasteiger partial charge in [-0.15, -0.1) is 0 Å². The number of ether oxygens (including phenoxy) is 2. The number of benzene rings is 2. The second-order valence-electron chi connectivity index (χ2n) is 5.76. The molecule has 2 rings (SSSR count). The average Bonchev–Trinajstić information content (AvgIpc) is 2.48. The zero-order chi connectivity index (χ0) is 16.8. The minimum Gasteiger partial charge on any atom is -0.494 e. The second-order valence-corrected chi connectivity index (χ2v) is 5.76. The van der Waals surface area contributed by atoms with Gasteiger partial charge in [-0.25, -0.2) is 0 Å². The van der Waals surface area contributed by atoms with E-state index in [1.54, 1.807) is 6.92 Å². The van der Waals surface area contributed by atoms with Crippen molar-refractivity contribution in [3.8, 4) is 17.2 Å². The number of hydrogen-bond donors (Lipinski definition) is 0. The summed E-state index contributed by atoms with van der Waals surface area (Å²) in [4.78, 5) is 11.6. The minimum atomic E-state index is 0.0835. The fourth-order valence-electron chi connectivity index (χ4n) is 2.61. The van der Waals surface area contributed by atoms with E-state index in [1.807, 2.05) is 50.2 Å². The molecule has 0 radical (unpaired) electrons. The first kappa shape index (κ1) is 17.1. The van der Waals surface area contributed by atoms with Crippen molar-refractivity contribution < 1.29 is 14.3 Å². The number of carbonyl (C=O) groups is 1. The van der Waals surface area contributed by atoms with Crippen LogP contribution in [0.3, 0.4) is 0 Å². The SMILES string of the molecule is CCCCOc1ccc(Oc2cc(C)c(C(C)=O)c(C)c2)cc1. The summed E-state index contributed by atoms with van der Waals surface area (Å²) in [5.74, 6) is 2.43. The first-order valence-corrected chi connectivity index (χ1v) is 8.04. The van der Waals surface area contributed by atoms with Gasteiger partial charge in [-0.1, -0.05) is 13.3 Å². The van der Waals surface area contributed by atoms with E-state index in [1.165, 1.54) is 0 Å². The van der Waals surface area contributed by atoms with Crippen LogP contribution in [0.4, 0.5) is 0 Å². The largest absolute Gasteiger partial charge is 0.494 e. The molecule has 2 aromatic carbocycles. The van der Waals surface area contributed by atoms with E-state index in [-0.39, 0.29) is 5.78 Å². The summed E-state index contributed by atoms with van der Waals surface area (Å²) in [6, 6.07) is 11.4. The average molecular weight is 312 g/mol. The Hall–Kier alpha value is -2.29. The van der Waals surface area contributed by atoms with Gasteiger partial charge in [0.25, 0.3) is 0 Å². The second kappa shape index (κ2) is 7.82. The third-order valence-electron chi connectivity index (χ3n) is 3.68. The Kier molecular flexibility index (Phi) is 5.80. The molecule has 0 aliphatic carbocycles. The number of hydrogen-bond acceptors (Lipinski definition) is 3. The quantitative estimate of drug-likeness (QED) is 0.502. The van der Waals surface area contributed by atoms with E-state index >= 15 is 0 Å². The van der Waals surface area contributed by atoms with E-state index in [0.717, 1.165) is 53.4 Å². The minimum absolute atomic E-state index is 0.0835. The van der Waals surface area contributed by atoms with E-state index in [0.29, 0.717) is 0 Å². The highest BCUT2D eigenvalue weighted by molar-refractivity contribution is 5.97. The third kappa shape index (κ3) is 4.59. The Balaban J connectivity index is 2.09. The summed E-state index contributed by atoms with van der Waals surface area (Å²) in [5, 5.41) is 0. The van der Waals surface area contributed by atoms with Crippen molar-refractivity contribution in [2.75, 3.05) is 6.61 Å². The highest BCUT2D eigenvalue weighted by Gasteiger charge is 2.10. The molecule has 3 heteroatoms. The van der Waals surface area contributed by atoms with Crippen LogP contribution in [0.25, 0.3) is 0 Å². The molecule has 0 bridgehead atoms. The molecule has 0 amide bonds. The van der Waals surface area contributed by atoms with Crippen molar-refractivity contribution in [3.05, 3.63) is 53.1 Å². The molecule has 122 valence electrons. The van der Waals surface area contributed by atoms with Crippen molar-refractivity contribution in [3.63, 3.8) is 0 Å². The molecular formula is C20H24O3. The van der Waals surface area contributed by atoms with E-state index in [9.17, 15) is 4.79 Å². The van der Waals surface area contributed by atoms with Gasteiger partial charge in [-0.05, 0) is 74.7 Å². The van der Waals surface area contributed by atoms with E-state index in [2.05, 4.69) is 6.92 Å². The molecule has 0 fully saturated rings. The molecule has 0 spiro atoms. The maximum atomic E-state index is 11.6. The van der Waals surface area contributed by atoms with Gasteiger partial charge < -0.3 is 9.47 Å². The van der Waals surface area contributed by atoms with Crippen LogP contribution in [-0.4, -0.2) is 12.4 Å². The van der Waals surface area contributed by atoms with Crippen molar-refractivity contribution in [1.82, 2.24) is 0 Å². The lowest BCUT2D eigenvalue weighted by atomic mass is 9.99. The van der Waals surface area contributed by atoms with Gasteiger partial charge in [-0.2, -0.15) is 0 Å². The van der Waals surface area contributed by atoms with Crippen LogP contribution in [0.5, 0.6) is 17.2 Å². The maximum absolute atomic E-state index is 11.6. The Morgan fingerprint density at radius 2 is 1.52 bits per heavy atom. The van der Waals surface area contributed by atoms with Crippen LogP contribution >= 0.6 is 0 Å². The van der Waals surface area contributed by atoms with Gasteiger partial charge >= 0.3 is 0 Å². The molecule has 0 aliphatic heterocycles. The Bertz CT molecular complexity index is 649. The van der Waals surface area contributed by atoms with Gasteiger partial charge in [-0.3, -0.25) is 4.79 Å². The zero-order valence-corrected chi connectivity index (χ0v) is 14.3. The number of unbranched alkanes of at least 4 members (excludes halogenated alkanes) is 1. The Morgan fingerprint density at radius 1 is 0.957 bits per heavy atom. The first-order valence-electron chi connectivity index (χ1n) is 8.04. The molecule has 0 saturated carbocycles. The summed E-state index contributed by atoms with van der Waals surface area (Å²) < 4.78 is 11.5. The number of rotatable bonds is 7. The van der Waals surface area contributed by atoms with E-state index < -0.39 is 0 Å². The molecular weight excluding hydrogens is 288 g/mol. The summed E-state index contributed by atoms with van der Waals surface area (Å²) in [6.45, 7) is 8.33. The highest BCUT2D eigenvalue weighted by atomic mass is 16.5.